The molecule has 0 bridgehead atoms. The summed E-state index contributed by atoms with van der Waals surface area (Å²) in [6, 6.07) is 8.16. The van der Waals surface area contributed by atoms with Gasteiger partial charge in [0.25, 0.3) is 0 Å². The third kappa shape index (κ3) is 4.34. The molecule has 4 nitrogen and oxygen atoms in total. The maximum atomic E-state index is 9.04. The van der Waals surface area contributed by atoms with Crippen molar-refractivity contribution in [1.29, 1.82) is 0 Å². The molecule has 1 aromatic carbocycles. The maximum Gasteiger partial charge on any atom is 0.0637 e. The van der Waals surface area contributed by atoms with Crippen LogP contribution in [0.15, 0.2) is 24.3 Å². The zero-order chi connectivity index (χ0) is 12.7. The Balaban J connectivity index is 2.72. The third-order valence-corrected chi connectivity index (χ3v) is 2.72. The highest BCUT2D eigenvalue weighted by Gasteiger charge is 2.06. The molecule has 1 rings (SSSR count). The molecule has 0 amide bonds. The van der Waals surface area contributed by atoms with Gasteiger partial charge in [-0.2, -0.15) is 0 Å². The molecule has 0 heterocycles. The number of nitrogens with zero attached hydrogens (tertiary/aromatic N) is 1. The lowest BCUT2D eigenvalue weighted by atomic mass is 10.1. The van der Waals surface area contributed by atoms with Crippen LogP contribution in [-0.2, 0) is 4.74 Å². The molecule has 96 valence electrons. The predicted octanol–water partition coefficient (Wildman–Crippen LogP) is 1.15. The van der Waals surface area contributed by atoms with Crippen molar-refractivity contribution >= 4 is 5.69 Å². The summed E-state index contributed by atoms with van der Waals surface area (Å²) in [5.41, 5.74) is 8.00. The molecule has 0 saturated heterocycles. The normalized spacial score (nSPS) is 12.5. The van der Waals surface area contributed by atoms with Gasteiger partial charge in [0.15, 0.2) is 0 Å². The molecule has 0 aromatic heterocycles. The fourth-order valence-corrected chi connectivity index (χ4v) is 1.68. The number of aliphatic hydroxyl groups is 1. The average molecular weight is 238 g/mol. The number of hydrogen-bond acceptors (Lipinski definition) is 4. The van der Waals surface area contributed by atoms with E-state index in [1.807, 2.05) is 31.2 Å². The lowest BCUT2D eigenvalue weighted by Gasteiger charge is -2.24. The molecule has 17 heavy (non-hydrogen) atoms. The summed E-state index contributed by atoms with van der Waals surface area (Å²) in [6.45, 7) is 4.13. The van der Waals surface area contributed by atoms with Gasteiger partial charge in [-0.1, -0.05) is 12.1 Å². The van der Waals surface area contributed by atoms with E-state index in [1.54, 1.807) is 7.11 Å². The molecule has 0 unspecified atom stereocenters. The second-order valence-corrected chi connectivity index (χ2v) is 4.08. The van der Waals surface area contributed by atoms with Crippen LogP contribution in [0.3, 0.4) is 0 Å². The van der Waals surface area contributed by atoms with Crippen molar-refractivity contribution in [3.05, 3.63) is 29.8 Å². The van der Waals surface area contributed by atoms with E-state index in [0.717, 1.165) is 17.8 Å². The second kappa shape index (κ2) is 7.27. The van der Waals surface area contributed by atoms with Crippen molar-refractivity contribution in [3.63, 3.8) is 0 Å². The molecule has 0 aliphatic heterocycles. The molecule has 1 atom stereocenters. The Kier molecular flexibility index (Phi) is 5.97. The van der Waals surface area contributed by atoms with Crippen LogP contribution in [-0.4, -0.2) is 38.5 Å². The molecular formula is C13H22N2O2. The van der Waals surface area contributed by atoms with Gasteiger partial charge in [-0.05, 0) is 24.6 Å². The van der Waals surface area contributed by atoms with Crippen molar-refractivity contribution in [2.24, 2.45) is 5.73 Å². The summed E-state index contributed by atoms with van der Waals surface area (Å²) in [5.74, 6) is 0. The monoisotopic (exact) mass is 238 g/mol. The van der Waals surface area contributed by atoms with Gasteiger partial charge in [-0.25, -0.2) is 0 Å². The fraction of sp³-hybridized carbons (Fsp3) is 0.538. The molecule has 0 aliphatic rings. The van der Waals surface area contributed by atoms with E-state index in [0.29, 0.717) is 13.2 Å². The maximum absolute atomic E-state index is 9.04. The second-order valence-electron chi connectivity index (χ2n) is 4.08. The summed E-state index contributed by atoms with van der Waals surface area (Å²) in [4.78, 5) is 2.09. The molecule has 3 N–H and O–H groups in total. The van der Waals surface area contributed by atoms with Gasteiger partial charge in [0.05, 0.1) is 13.2 Å². The summed E-state index contributed by atoms with van der Waals surface area (Å²) in [7, 11) is 1.68. The van der Waals surface area contributed by atoms with E-state index < -0.39 is 0 Å². The van der Waals surface area contributed by atoms with E-state index in [9.17, 15) is 0 Å². The van der Waals surface area contributed by atoms with E-state index >= 15 is 0 Å². The zero-order valence-electron chi connectivity index (χ0n) is 10.6. The van der Waals surface area contributed by atoms with Crippen molar-refractivity contribution in [1.82, 2.24) is 0 Å². The van der Waals surface area contributed by atoms with E-state index in [1.165, 1.54) is 0 Å². The zero-order valence-corrected chi connectivity index (χ0v) is 10.6. The van der Waals surface area contributed by atoms with Crippen LogP contribution in [0, 0.1) is 0 Å². The van der Waals surface area contributed by atoms with Crippen LogP contribution in [0.1, 0.15) is 18.5 Å². The first-order valence-electron chi connectivity index (χ1n) is 5.89. The van der Waals surface area contributed by atoms with Crippen molar-refractivity contribution in [3.8, 4) is 0 Å². The van der Waals surface area contributed by atoms with Crippen molar-refractivity contribution < 1.29 is 9.84 Å². The van der Waals surface area contributed by atoms with Crippen LogP contribution in [0.2, 0.25) is 0 Å². The van der Waals surface area contributed by atoms with Gasteiger partial charge in [-0.15, -0.1) is 0 Å². The summed E-state index contributed by atoms with van der Waals surface area (Å²) in [5, 5.41) is 9.04. The van der Waals surface area contributed by atoms with Gasteiger partial charge in [-0.3, -0.25) is 0 Å². The van der Waals surface area contributed by atoms with Crippen LogP contribution >= 0.6 is 0 Å². The molecule has 0 saturated carbocycles. The minimum atomic E-state index is 0.0503. The molecular weight excluding hydrogens is 216 g/mol. The Hall–Kier alpha value is -1.10. The number of methoxy groups -OCH3 is 1. The number of ether oxygens (including phenoxy) is 1. The Labute approximate surface area is 103 Å². The summed E-state index contributed by atoms with van der Waals surface area (Å²) in [6.07, 6.45) is 0. The Morgan fingerprint density at radius 2 is 1.94 bits per heavy atom. The molecule has 1 aromatic rings. The topological polar surface area (TPSA) is 58.7 Å². The summed E-state index contributed by atoms with van der Waals surface area (Å²) < 4.78 is 5.06. The highest BCUT2D eigenvalue weighted by Crippen LogP contribution is 2.17. The predicted molar refractivity (Wildman–Crippen MR) is 70.2 cm³/mol. The van der Waals surface area contributed by atoms with Gasteiger partial charge in [0.1, 0.15) is 0 Å². The summed E-state index contributed by atoms with van der Waals surface area (Å²) >= 11 is 0. The minimum Gasteiger partial charge on any atom is -0.395 e. The number of benzene rings is 1. The lowest BCUT2D eigenvalue weighted by molar-refractivity contribution is 0.203. The third-order valence-electron chi connectivity index (χ3n) is 2.72. The smallest absolute Gasteiger partial charge is 0.0637 e. The van der Waals surface area contributed by atoms with Crippen molar-refractivity contribution in [2.75, 3.05) is 38.3 Å². The van der Waals surface area contributed by atoms with E-state index in [2.05, 4.69) is 4.90 Å². The van der Waals surface area contributed by atoms with Crippen LogP contribution in [0.25, 0.3) is 0 Å². The Morgan fingerprint density at radius 1 is 1.29 bits per heavy atom. The molecule has 0 spiro atoms. The van der Waals surface area contributed by atoms with Crippen LogP contribution < -0.4 is 10.6 Å². The number of rotatable bonds is 7. The molecule has 0 radical (unpaired) electrons. The number of anilines is 1. The molecule has 0 fully saturated rings. The number of aliphatic hydroxyl groups excluding tert-OH is 1. The number of hydrogen-bond donors (Lipinski definition) is 2. The van der Waals surface area contributed by atoms with Gasteiger partial charge < -0.3 is 20.5 Å². The fourth-order valence-electron chi connectivity index (χ4n) is 1.68. The van der Waals surface area contributed by atoms with E-state index in [-0.39, 0.29) is 12.6 Å². The Bertz CT molecular complexity index is 312. The van der Waals surface area contributed by atoms with E-state index in [4.69, 9.17) is 15.6 Å². The van der Waals surface area contributed by atoms with Crippen LogP contribution in [0.5, 0.6) is 0 Å². The Morgan fingerprint density at radius 3 is 2.41 bits per heavy atom. The first-order valence-corrected chi connectivity index (χ1v) is 5.89. The van der Waals surface area contributed by atoms with Crippen molar-refractivity contribution in [2.45, 2.75) is 13.0 Å². The minimum absolute atomic E-state index is 0.0503. The molecule has 0 aliphatic carbocycles. The van der Waals surface area contributed by atoms with Gasteiger partial charge in [0.2, 0.25) is 0 Å². The average Bonchev–Trinajstić information content (AvgIpc) is 2.34. The highest BCUT2D eigenvalue weighted by atomic mass is 16.5. The van der Waals surface area contributed by atoms with Gasteiger partial charge >= 0.3 is 0 Å². The standard InChI is InChI=1S/C13H22N2O2/c1-11(14)12-3-5-13(6-4-12)15(7-9-16)8-10-17-2/h3-6,11,16H,7-10,14H2,1-2H3/t11-/m1/s1. The highest BCUT2D eigenvalue weighted by molar-refractivity contribution is 5.48. The first kappa shape index (κ1) is 14.0. The van der Waals surface area contributed by atoms with Crippen LogP contribution in [0.4, 0.5) is 5.69 Å². The quantitative estimate of drug-likeness (QED) is 0.748. The first-order chi connectivity index (χ1) is 8.19. The SMILES string of the molecule is COCCN(CCO)c1ccc([C@@H](C)N)cc1. The lowest BCUT2D eigenvalue weighted by Crippen LogP contribution is -2.30. The van der Waals surface area contributed by atoms with Gasteiger partial charge in [0, 0.05) is 31.9 Å². The number of nitrogens with two attached hydrogens (primary N) is 1. The largest absolute Gasteiger partial charge is 0.395 e. The molecule has 4 heteroatoms.